The predicted molar refractivity (Wildman–Crippen MR) is 79.3 cm³/mol. The van der Waals surface area contributed by atoms with Crippen LogP contribution in [0.25, 0.3) is 0 Å². The van der Waals surface area contributed by atoms with E-state index in [0.717, 1.165) is 6.42 Å². The average Bonchev–Trinajstić information content (AvgIpc) is 2.37. The van der Waals surface area contributed by atoms with Crippen molar-refractivity contribution in [3.63, 3.8) is 0 Å². The van der Waals surface area contributed by atoms with Gasteiger partial charge in [-0.1, -0.05) is 32.4 Å². The molecule has 0 radical (unpaired) electrons. The van der Waals surface area contributed by atoms with Crippen molar-refractivity contribution in [2.75, 3.05) is 5.32 Å². The molecular weight excluding hydrogens is 278 g/mol. The number of benzene rings is 1. The van der Waals surface area contributed by atoms with Crippen LogP contribution in [-0.4, -0.2) is 20.4 Å². The third-order valence-corrected chi connectivity index (χ3v) is 3.88. The summed E-state index contributed by atoms with van der Waals surface area (Å²) in [6.07, 6.45) is 0.821. The summed E-state index contributed by atoms with van der Waals surface area (Å²) in [5.41, 5.74) is 6.97. The summed E-state index contributed by atoms with van der Waals surface area (Å²) in [6, 6.07) is 5.90. The summed E-state index contributed by atoms with van der Waals surface area (Å²) >= 11 is 0. The first-order valence-electron chi connectivity index (χ1n) is 6.38. The summed E-state index contributed by atoms with van der Waals surface area (Å²) in [5.74, 6) is -0.386. The van der Waals surface area contributed by atoms with E-state index in [4.69, 9.17) is 10.9 Å². The van der Waals surface area contributed by atoms with Crippen molar-refractivity contribution in [1.82, 2.24) is 0 Å². The summed E-state index contributed by atoms with van der Waals surface area (Å²) < 4.78 is 21.9. The van der Waals surface area contributed by atoms with Gasteiger partial charge in [-0.3, -0.25) is 4.79 Å². The zero-order chi connectivity index (χ0) is 15.3. The molecule has 7 heteroatoms. The molecule has 0 aliphatic rings. The maximum atomic E-state index is 11.9. The van der Waals surface area contributed by atoms with Gasteiger partial charge in [0.2, 0.25) is 15.9 Å². The van der Waals surface area contributed by atoms with Gasteiger partial charge in [0.1, 0.15) is 0 Å². The van der Waals surface area contributed by atoms with Gasteiger partial charge in [0.15, 0.2) is 0 Å². The zero-order valence-electron chi connectivity index (χ0n) is 11.7. The Kier molecular flexibility index (Phi) is 5.67. The number of nitrogens with one attached hydrogen (secondary N) is 1. The fraction of sp³-hybridized carbons (Fsp3) is 0.462. The maximum Gasteiger partial charge on any atom is 0.241 e. The highest BCUT2D eigenvalue weighted by molar-refractivity contribution is 7.88. The average molecular weight is 299 g/mol. The van der Waals surface area contributed by atoms with Crippen molar-refractivity contribution in [1.29, 1.82) is 0 Å². The number of sulfonamides is 1. The summed E-state index contributed by atoms with van der Waals surface area (Å²) in [7, 11) is -3.55. The van der Waals surface area contributed by atoms with Crippen molar-refractivity contribution in [2.24, 2.45) is 16.8 Å². The Morgan fingerprint density at radius 2 is 1.85 bits per heavy atom. The number of primary sulfonamides is 1. The highest BCUT2D eigenvalue weighted by Crippen LogP contribution is 2.13. The molecule has 0 saturated carbocycles. The molecule has 0 aromatic heterocycles. The Labute approximate surface area is 119 Å². The molecule has 6 nitrogen and oxygen atoms in total. The topological polar surface area (TPSA) is 115 Å². The first kappa shape index (κ1) is 16.6. The SMILES string of the molecule is CCC(C)C(N)C(=O)Nc1ccc(CS(N)(=O)=O)cc1. The molecule has 5 N–H and O–H groups in total. The van der Waals surface area contributed by atoms with Crippen LogP contribution in [0.4, 0.5) is 5.69 Å². The van der Waals surface area contributed by atoms with Gasteiger partial charge < -0.3 is 11.1 Å². The van der Waals surface area contributed by atoms with Crippen molar-refractivity contribution in [3.05, 3.63) is 29.8 Å². The third kappa shape index (κ3) is 5.28. The Bertz CT molecular complexity index is 555. The van der Waals surface area contributed by atoms with Crippen LogP contribution in [0.1, 0.15) is 25.8 Å². The Balaban J connectivity index is 2.68. The lowest BCUT2D eigenvalue weighted by molar-refractivity contribution is -0.118. The van der Waals surface area contributed by atoms with Gasteiger partial charge >= 0.3 is 0 Å². The molecule has 20 heavy (non-hydrogen) atoms. The van der Waals surface area contributed by atoms with Crippen LogP contribution < -0.4 is 16.2 Å². The first-order valence-corrected chi connectivity index (χ1v) is 8.10. The monoisotopic (exact) mass is 299 g/mol. The number of hydrogen-bond donors (Lipinski definition) is 3. The van der Waals surface area contributed by atoms with E-state index in [-0.39, 0.29) is 17.6 Å². The lowest BCUT2D eigenvalue weighted by Gasteiger charge is -2.17. The van der Waals surface area contributed by atoms with Crippen LogP contribution in [0, 0.1) is 5.92 Å². The van der Waals surface area contributed by atoms with Gasteiger partial charge in [-0.2, -0.15) is 0 Å². The predicted octanol–water partition coefficient (Wildman–Crippen LogP) is 0.787. The summed E-state index contributed by atoms with van der Waals surface area (Å²) in [4.78, 5) is 11.9. The first-order chi connectivity index (χ1) is 9.23. The molecule has 2 atom stereocenters. The normalized spacial score (nSPS) is 14.6. The highest BCUT2D eigenvalue weighted by Gasteiger charge is 2.19. The lowest BCUT2D eigenvalue weighted by atomic mass is 9.99. The second-order valence-corrected chi connectivity index (χ2v) is 6.52. The molecule has 1 aromatic carbocycles. The van der Waals surface area contributed by atoms with Crippen LogP contribution >= 0.6 is 0 Å². The van der Waals surface area contributed by atoms with Crippen molar-refractivity contribution >= 4 is 21.6 Å². The summed E-state index contributed by atoms with van der Waals surface area (Å²) in [6.45, 7) is 3.89. The Hall–Kier alpha value is -1.44. The number of rotatable bonds is 6. The van der Waals surface area contributed by atoms with E-state index in [0.29, 0.717) is 11.3 Å². The molecule has 1 amide bonds. The van der Waals surface area contributed by atoms with Gasteiger partial charge in [-0.25, -0.2) is 13.6 Å². The molecule has 0 aliphatic heterocycles. The second kappa shape index (κ2) is 6.83. The molecule has 2 unspecified atom stereocenters. The minimum absolute atomic E-state index is 0.0941. The standard InChI is InChI=1S/C13H21N3O3S/c1-3-9(2)12(14)13(17)16-11-6-4-10(5-7-11)8-20(15,18)19/h4-7,9,12H,3,8,14H2,1-2H3,(H,16,17)(H2,15,18,19). The Morgan fingerprint density at radius 1 is 1.30 bits per heavy atom. The zero-order valence-corrected chi connectivity index (χ0v) is 12.5. The maximum absolute atomic E-state index is 11.9. The lowest BCUT2D eigenvalue weighted by Crippen LogP contribution is -2.40. The Morgan fingerprint density at radius 3 is 2.30 bits per heavy atom. The molecule has 0 bridgehead atoms. The fourth-order valence-corrected chi connectivity index (χ4v) is 2.31. The number of carbonyl (C=O) groups excluding carboxylic acids is 1. The number of nitrogens with two attached hydrogens (primary N) is 2. The number of amides is 1. The van der Waals surface area contributed by atoms with Gasteiger partial charge in [0.25, 0.3) is 0 Å². The van der Waals surface area contributed by atoms with E-state index in [9.17, 15) is 13.2 Å². The van der Waals surface area contributed by atoms with E-state index in [1.165, 1.54) is 0 Å². The highest BCUT2D eigenvalue weighted by atomic mass is 32.2. The van der Waals surface area contributed by atoms with Crippen LogP contribution in [0.15, 0.2) is 24.3 Å². The molecule has 1 aromatic rings. The van der Waals surface area contributed by atoms with Crippen molar-refractivity contribution in [2.45, 2.75) is 32.1 Å². The van der Waals surface area contributed by atoms with Crippen LogP contribution in [0.2, 0.25) is 0 Å². The molecule has 1 rings (SSSR count). The quantitative estimate of drug-likeness (QED) is 0.720. The van der Waals surface area contributed by atoms with E-state index >= 15 is 0 Å². The fourth-order valence-electron chi connectivity index (χ4n) is 1.65. The second-order valence-electron chi connectivity index (χ2n) is 4.90. The van der Waals surface area contributed by atoms with Crippen molar-refractivity contribution in [3.8, 4) is 0 Å². The summed E-state index contributed by atoms with van der Waals surface area (Å²) in [5, 5.41) is 7.66. The van der Waals surface area contributed by atoms with E-state index in [2.05, 4.69) is 5.32 Å². The minimum atomic E-state index is -3.55. The van der Waals surface area contributed by atoms with E-state index in [1.807, 2.05) is 13.8 Å². The van der Waals surface area contributed by atoms with Crippen LogP contribution in [-0.2, 0) is 20.6 Å². The van der Waals surface area contributed by atoms with Gasteiger partial charge in [-0.15, -0.1) is 0 Å². The van der Waals surface area contributed by atoms with Gasteiger partial charge in [0.05, 0.1) is 11.8 Å². The van der Waals surface area contributed by atoms with Crippen LogP contribution in [0.3, 0.4) is 0 Å². The van der Waals surface area contributed by atoms with Crippen molar-refractivity contribution < 1.29 is 13.2 Å². The third-order valence-electron chi connectivity index (χ3n) is 3.15. The molecule has 0 fully saturated rings. The number of carbonyl (C=O) groups is 1. The molecule has 0 saturated heterocycles. The molecular formula is C13H21N3O3S. The van der Waals surface area contributed by atoms with E-state index in [1.54, 1.807) is 24.3 Å². The number of hydrogen-bond acceptors (Lipinski definition) is 4. The number of anilines is 1. The molecule has 112 valence electrons. The van der Waals surface area contributed by atoms with Gasteiger partial charge in [-0.05, 0) is 23.6 Å². The molecule has 0 spiro atoms. The van der Waals surface area contributed by atoms with Crippen LogP contribution in [0.5, 0.6) is 0 Å². The largest absolute Gasteiger partial charge is 0.325 e. The minimum Gasteiger partial charge on any atom is -0.325 e. The molecule has 0 heterocycles. The smallest absolute Gasteiger partial charge is 0.241 e. The van der Waals surface area contributed by atoms with Gasteiger partial charge in [0, 0.05) is 5.69 Å². The van der Waals surface area contributed by atoms with E-state index < -0.39 is 16.1 Å². The molecule has 0 aliphatic carbocycles.